The van der Waals surface area contributed by atoms with Gasteiger partial charge in [0.25, 0.3) is 0 Å². The van der Waals surface area contributed by atoms with Gasteiger partial charge in [0, 0.05) is 24.2 Å². The van der Waals surface area contributed by atoms with Crippen molar-refractivity contribution in [1.82, 2.24) is 4.90 Å². The molecule has 1 aliphatic rings. The molecule has 0 amide bonds. The third-order valence-corrected chi connectivity index (χ3v) is 3.76. The van der Waals surface area contributed by atoms with Crippen molar-refractivity contribution in [3.63, 3.8) is 0 Å². The Balaban J connectivity index is 2.01. The highest BCUT2D eigenvalue weighted by Gasteiger charge is 2.21. The lowest BCUT2D eigenvalue weighted by atomic mass is 10.1. The largest absolute Gasteiger partial charge is 0.292 e. The summed E-state index contributed by atoms with van der Waals surface area (Å²) in [6, 6.07) is 8.92. The zero-order valence-corrected chi connectivity index (χ0v) is 11.0. The molecule has 92 valence electrons. The fraction of sp³-hybridized carbons (Fsp3) is 0.467. The summed E-state index contributed by atoms with van der Waals surface area (Å²) in [6.07, 6.45) is 7.43. The van der Waals surface area contributed by atoms with Crippen LogP contribution in [-0.4, -0.2) is 17.5 Å². The van der Waals surface area contributed by atoms with Gasteiger partial charge in [0.05, 0.1) is 0 Å². The Hall–Kier alpha value is -0.790. The van der Waals surface area contributed by atoms with Crippen molar-refractivity contribution >= 4 is 11.6 Å². The van der Waals surface area contributed by atoms with E-state index in [1.807, 2.05) is 18.2 Å². The topological polar surface area (TPSA) is 3.24 Å². The van der Waals surface area contributed by atoms with Gasteiger partial charge < -0.3 is 0 Å². The van der Waals surface area contributed by atoms with Crippen LogP contribution < -0.4 is 0 Å². The van der Waals surface area contributed by atoms with Crippen molar-refractivity contribution in [3.05, 3.63) is 47.5 Å². The lowest BCUT2D eigenvalue weighted by Crippen LogP contribution is -2.32. The molecule has 0 spiro atoms. The van der Waals surface area contributed by atoms with Crippen LogP contribution in [0.25, 0.3) is 0 Å². The summed E-state index contributed by atoms with van der Waals surface area (Å²) < 4.78 is 0. The zero-order valence-electron chi connectivity index (χ0n) is 10.2. The summed E-state index contributed by atoms with van der Waals surface area (Å²) in [6.45, 7) is 5.85. The summed E-state index contributed by atoms with van der Waals surface area (Å²) in [5.74, 6) is 0. The van der Waals surface area contributed by atoms with E-state index in [9.17, 15) is 0 Å². The molecule has 1 fully saturated rings. The van der Waals surface area contributed by atoms with Gasteiger partial charge >= 0.3 is 0 Å². The van der Waals surface area contributed by atoms with Crippen LogP contribution in [-0.2, 0) is 6.54 Å². The summed E-state index contributed by atoms with van der Waals surface area (Å²) in [5, 5.41) is 0.810. The maximum absolute atomic E-state index is 5.91. The Morgan fingerprint density at radius 3 is 2.47 bits per heavy atom. The van der Waals surface area contributed by atoms with Gasteiger partial charge in [-0.25, -0.2) is 0 Å². The van der Waals surface area contributed by atoms with Gasteiger partial charge in [0.1, 0.15) is 0 Å². The van der Waals surface area contributed by atoms with Crippen LogP contribution in [0.5, 0.6) is 0 Å². The van der Waals surface area contributed by atoms with E-state index in [1.54, 1.807) is 0 Å². The fourth-order valence-corrected chi connectivity index (χ4v) is 2.73. The van der Waals surface area contributed by atoms with E-state index >= 15 is 0 Å². The van der Waals surface area contributed by atoms with Crippen LogP contribution in [0, 0.1) is 0 Å². The zero-order chi connectivity index (χ0) is 12.1. The smallest absolute Gasteiger partial charge is 0.0406 e. The highest BCUT2D eigenvalue weighted by molar-refractivity contribution is 6.30. The Kier molecular flexibility index (Phi) is 4.64. The van der Waals surface area contributed by atoms with Gasteiger partial charge in [-0.05, 0) is 30.5 Å². The van der Waals surface area contributed by atoms with Gasteiger partial charge in [0.2, 0.25) is 0 Å². The molecular weight excluding hydrogens is 230 g/mol. The molecular formula is C15H20ClN. The molecule has 0 saturated heterocycles. The Bertz CT molecular complexity index is 352. The summed E-state index contributed by atoms with van der Waals surface area (Å²) in [7, 11) is 0. The third kappa shape index (κ3) is 3.58. The molecule has 1 nitrogen and oxygen atoms in total. The molecule has 0 heterocycles. The quantitative estimate of drug-likeness (QED) is 0.705. The number of nitrogens with zero attached hydrogens (tertiary/aromatic N) is 1. The number of rotatable bonds is 5. The number of benzene rings is 1. The average molecular weight is 250 g/mol. The Morgan fingerprint density at radius 1 is 1.24 bits per heavy atom. The molecule has 1 saturated carbocycles. The highest BCUT2D eigenvalue weighted by Crippen LogP contribution is 2.25. The van der Waals surface area contributed by atoms with Crippen LogP contribution >= 0.6 is 11.6 Å². The van der Waals surface area contributed by atoms with E-state index in [-0.39, 0.29) is 0 Å². The van der Waals surface area contributed by atoms with Gasteiger partial charge in [0.15, 0.2) is 0 Å². The monoisotopic (exact) mass is 249 g/mol. The second-order valence-corrected chi connectivity index (χ2v) is 5.22. The van der Waals surface area contributed by atoms with E-state index in [0.29, 0.717) is 0 Å². The molecule has 0 atom stereocenters. The number of hydrogen-bond donors (Lipinski definition) is 0. The van der Waals surface area contributed by atoms with Crippen molar-refractivity contribution in [2.45, 2.75) is 38.3 Å². The molecule has 0 aliphatic heterocycles. The van der Waals surface area contributed by atoms with Gasteiger partial charge in [-0.3, -0.25) is 4.90 Å². The lowest BCUT2D eigenvalue weighted by Gasteiger charge is -2.27. The van der Waals surface area contributed by atoms with Crippen molar-refractivity contribution < 1.29 is 0 Å². The normalized spacial score (nSPS) is 16.6. The number of hydrogen-bond acceptors (Lipinski definition) is 1. The molecule has 0 bridgehead atoms. The number of halogens is 1. The fourth-order valence-electron chi connectivity index (χ4n) is 2.60. The molecule has 17 heavy (non-hydrogen) atoms. The van der Waals surface area contributed by atoms with E-state index in [1.165, 1.54) is 31.2 Å². The summed E-state index contributed by atoms with van der Waals surface area (Å²) >= 11 is 5.91. The second-order valence-electron chi connectivity index (χ2n) is 4.78. The first kappa shape index (κ1) is 12.7. The first-order valence-corrected chi connectivity index (χ1v) is 6.77. The molecule has 0 aromatic heterocycles. The van der Waals surface area contributed by atoms with Crippen LogP contribution in [0.4, 0.5) is 0 Å². The summed E-state index contributed by atoms with van der Waals surface area (Å²) in [4.78, 5) is 2.53. The van der Waals surface area contributed by atoms with Gasteiger partial charge in [-0.2, -0.15) is 0 Å². The first-order valence-electron chi connectivity index (χ1n) is 6.39. The summed E-state index contributed by atoms with van der Waals surface area (Å²) in [5.41, 5.74) is 1.34. The van der Waals surface area contributed by atoms with Gasteiger partial charge in [-0.1, -0.05) is 42.7 Å². The Morgan fingerprint density at radius 2 is 1.88 bits per heavy atom. The van der Waals surface area contributed by atoms with Crippen molar-refractivity contribution in [2.24, 2.45) is 0 Å². The lowest BCUT2D eigenvalue weighted by molar-refractivity contribution is 0.211. The molecule has 0 N–H and O–H groups in total. The van der Waals surface area contributed by atoms with E-state index < -0.39 is 0 Å². The maximum Gasteiger partial charge on any atom is 0.0406 e. The first-order chi connectivity index (χ1) is 8.29. The third-order valence-electron chi connectivity index (χ3n) is 3.50. The molecule has 0 radical (unpaired) electrons. The average Bonchev–Trinajstić information content (AvgIpc) is 2.85. The van der Waals surface area contributed by atoms with Crippen molar-refractivity contribution in [3.8, 4) is 0 Å². The predicted molar refractivity (Wildman–Crippen MR) is 74.3 cm³/mol. The van der Waals surface area contributed by atoms with Crippen LogP contribution in [0.2, 0.25) is 5.02 Å². The van der Waals surface area contributed by atoms with E-state index in [2.05, 4.69) is 23.6 Å². The van der Waals surface area contributed by atoms with Crippen LogP contribution in [0.1, 0.15) is 31.2 Å². The minimum absolute atomic E-state index is 0.740. The molecule has 1 aromatic carbocycles. The van der Waals surface area contributed by atoms with Crippen LogP contribution in [0.15, 0.2) is 36.9 Å². The highest BCUT2D eigenvalue weighted by atomic mass is 35.5. The molecule has 1 aliphatic carbocycles. The minimum Gasteiger partial charge on any atom is -0.292 e. The Labute approximate surface area is 109 Å². The van der Waals surface area contributed by atoms with E-state index in [0.717, 1.165) is 24.2 Å². The van der Waals surface area contributed by atoms with E-state index in [4.69, 9.17) is 11.6 Å². The van der Waals surface area contributed by atoms with Gasteiger partial charge in [-0.15, -0.1) is 6.58 Å². The second kappa shape index (κ2) is 6.23. The maximum atomic E-state index is 5.91. The van der Waals surface area contributed by atoms with Crippen molar-refractivity contribution in [2.75, 3.05) is 6.54 Å². The minimum atomic E-state index is 0.740. The molecule has 2 heteroatoms. The molecule has 0 unspecified atom stereocenters. The van der Waals surface area contributed by atoms with Crippen molar-refractivity contribution in [1.29, 1.82) is 0 Å². The van der Waals surface area contributed by atoms with Crippen LogP contribution in [0.3, 0.4) is 0 Å². The SMILES string of the molecule is C=CCN(Cc1ccc(Cl)cc1)C1CCCC1. The molecule has 2 rings (SSSR count). The molecule has 1 aromatic rings. The predicted octanol–water partition coefficient (Wildman–Crippen LogP) is 4.27. The standard InChI is InChI=1S/C15H20ClN/c1-2-11-17(15-5-3-4-6-15)12-13-7-9-14(16)10-8-13/h2,7-10,15H,1,3-6,11-12H2.